The summed E-state index contributed by atoms with van der Waals surface area (Å²) < 4.78 is 2.33. The number of rotatable bonds is 5. The molecule has 0 aliphatic carbocycles. The van der Waals surface area contributed by atoms with Gasteiger partial charge >= 0.3 is 0 Å². The Hall–Kier alpha value is -1.98. The van der Waals surface area contributed by atoms with Gasteiger partial charge in [-0.25, -0.2) is 4.99 Å². The predicted molar refractivity (Wildman–Crippen MR) is 109 cm³/mol. The smallest absolute Gasteiger partial charge is 0.137 e. The van der Waals surface area contributed by atoms with Gasteiger partial charge in [-0.2, -0.15) is 0 Å². The summed E-state index contributed by atoms with van der Waals surface area (Å²) in [4.78, 5) is 8.23. The van der Waals surface area contributed by atoms with Crippen LogP contribution in [0.4, 0.5) is 5.69 Å². The summed E-state index contributed by atoms with van der Waals surface area (Å²) in [6.45, 7) is 4.63. The van der Waals surface area contributed by atoms with Crippen molar-refractivity contribution in [2.24, 2.45) is 10.7 Å². The second kappa shape index (κ2) is 7.50. The molecule has 25 heavy (non-hydrogen) atoms. The van der Waals surface area contributed by atoms with E-state index in [1.165, 1.54) is 36.8 Å². The molecule has 5 heteroatoms. The van der Waals surface area contributed by atoms with Crippen molar-refractivity contribution in [3.8, 4) is 0 Å². The lowest BCUT2D eigenvalue weighted by molar-refractivity contribution is 0.324. The molecule has 0 bridgehead atoms. The fraction of sp³-hybridized carbons (Fsp3) is 0.350. The van der Waals surface area contributed by atoms with E-state index in [0.717, 1.165) is 29.4 Å². The molecular formula is C20H24N4S. The highest BCUT2D eigenvalue weighted by Crippen LogP contribution is 2.25. The van der Waals surface area contributed by atoms with Crippen molar-refractivity contribution >= 4 is 34.2 Å². The van der Waals surface area contributed by atoms with Gasteiger partial charge in [0.2, 0.25) is 0 Å². The van der Waals surface area contributed by atoms with Crippen molar-refractivity contribution in [2.75, 3.05) is 25.4 Å². The van der Waals surface area contributed by atoms with Gasteiger partial charge in [-0.15, -0.1) is 11.8 Å². The van der Waals surface area contributed by atoms with E-state index in [1.54, 1.807) is 11.8 Å². The third-order valence-corrected chi connectivity index (χ3v) is 5.85. The van der Waals surface area contributed by atoms with Crippen molar-refractivity contribution in [2.45, 2.75) is 19.4 Å². The molecule has 4 nitrogen and oxygen atoms in total. The summed E-state index contributed by atoms with van der Waals surface area (Å²) in [6.07, 6.45) is 11.1. The molecule has 2 aliphatic rings. The fourth-order valence-corrected chi connectivity index (χ4v) is 4.20. The molecule has 1 aromatic heterocycles. The fourth-order valence-electron chi connectivity index (χ4n) is 3.44. The molecule has 0 atom stereocenters. The number of benzene rings is 1. The van der Waals surface area contributed by atoms with E-state index in [9.17, 15) is 0 Å². The van der Waals surface area contributed by atoms with Gasteiger partial charge in [0, 0.05) is 29.9 Å². The van der Waals surface area contributed by atoms with E-state index < -0.39 is 0 Å². The van der Waals surface area contributed by atoms with E-state index in [2.05, 4.69) is 44.9 Å². The first-order valence-electron chi connectivity index (χ1n) is 8.95. The Balaban J connectivity index is 1.55. The highest BCUT2D eigenvalue weighted by molar-refractivity contribution is 8.04. The minimum absolute atomic E-state index is 0.601. The minimum atomic E-state index is 0.601. The molecule has 1 fully saturated rings. The van der Waals surface area contributed by atoms with Crippen LogP contribution < -0.4 is 5.73 Å². The van der Waals surface area contributed by atoms with Crippen LogP contribution in [0.5, 0.6) is 0 Å². The van der Waals surface area contributed by atoms with Crippen LogP contribution in [0.2, 0.25) is 0 Å². The van der Waals surface area contributed by atoms with Crippen LogP contribution in [0.3, 0.4) is 0 Å². The number of hydrogen-bond acceptors (Lipinski definition) is 3. The maximum Gasteiger partial charge on any atom is 0.137 e. The molecule has 0 saturated carbocycles. The number of aromatic nitrogens is 1. The monoisotopic (exact) mass is 352 g/mol. The zero-order valence-electron chi connectivity index (χ0n) is 14.4. The SMILES string of the molecule is NC(=Nc1ccc2ccn(CCN3CCCC3)c2c1)C1=CC=CCS1. The Kier molecular flexibility index (Phi) is 4.95. The van der Waals surface area contributed by atoms with Gasteiger partial charge in [0.25, 0.3) is 0 Å². The van der Waals surface area contributed by atoms with Crippen molar-refractivity contribution in [1.82, 2.24) is 9.47 Å². The molecule has 2 N–H and O–H groups in total. The summed E-state index contributed by atoms with van der Waals surface area (Å²) in [5, 5.41) is 1.26. The van der Waals surface area contributed by atoms with Crippen LogP contribution in [-0.4, -0.2) is 40.7 Å². The van der Waals surface area contributed by atoms with Crippen LogP contribution in [0, 0.1) is 0 Å². The lowest BCUT2D eigenvalue weighted by Crippen LogP contribution is -2.23. The van der Waals surface area contributed by atoms with Gasteiger partial charge < -0.3 is 15.2 Å². The van der Waals surface area contributed by atoms with Gasteiger partial charge in [0.05, 0.1) is 11.2 Å². The standard InChI is InChI=1S/C20H24N4S/c21-20(19-5-1-4-14-25-19)22-17-7-6-16-8-11-24(18(16)15-17)13-12-23-9-2-3-10-23/h1,4-8,11,15H,2-3,9-10,12-14H2,(H2,21,22). The molecule has 0 amide bonds. The second-order valence-electron chi connectivity index (χ2n) is 6.57. The van der Waals surface area contributed by atoms with E-state index in [-0.39, 0.29) is 0 Å². The topological polar surface area (TPSA) is 46.5 Å². The summed E-state index contributed by atoms with van der Waals surface area (Å²) in [7, 11) is 0. The largest absolute Gasteiger partial charge is 0.383 e. The summed E-state index contributed by atoms with van der Waals surface area (Å²) in [5.74, 6) is 1.56. The number of nitrogens with zero attached hydrogens (tertiary/aromatic N) is 3. The Morgan fingerprint density at radius 2 is 2.04 bits per heavy atom. The molecule has 4 rings (SSSR count). The summed E-state index contributed by atoms with van der Waals surface area (Å²) >= 11 is 1.73. The van der Waals surface area contributed by atoms with Gasteiger partial charge in [0.1, 0.15) is 5.84 Å². The second-order valence-corrected chi connectivity index (χ2v) is 7.63. The number of fused-ring (bicyclic) bond motifs is 1. The maximum absolute atomic E-state index is 6.19. The number of aliphatic imine (C=N–C) groups is 1. The first kappa shape index (κ1) is 16.5. The Morgan fingerprint density at radius 3 is 2.84 bits per heavy atom. The Labute approximate surface area is 153 Å². The van der Waals surface area contributed by atoms with Crippen molar-refractivity contribution < 1.29 is 0 Å². The molecule has 3 heterocycles. The minimum Gasteiger partial charge on any atom is -0.383 e. The predicted octanol–water partition coefficient (Wildman–Crippen LogP) is 3.91. The third-order valence-electron chi connectivity index (χ3n) is 4.83. The zero-order valence-corrected chi connectivity index (χ0v) is 15.2. The molecule has 1 saturated heterocycles. The number of allylic oxidation sites excluding steroid dienone is 2. The normalized spacial score (nSPS) is 18.9. The van der Waals surface area contributed by atoms with Gasteiger partial charge in [0.15, 0.2) is 0 Å². The van der Waals surface area contributed by atoms with Crippen LogP contribution in [0.1, 0.15) is 12.8 Å². The van der Waals surface area contributed by atoms with E-state index in [4.69, 9.17) is 5.73 Å². The number of hydrogen-bond donors (Lipinski definition) is 1. The maximum atomic E-state index is 6.19. The highest BCUT2D eigenvalue weighted by Gasteiger charge is 2.12. The quantitative estimate of drug-likeness (QED) is 0.655. The van der Waals surface area contributed by atoms with Crippen LogP contribution in [0.25, 0.3) is 10.9 Å². The molecular weight excluding hydrogens is 328 g/mol. The van der Waals surface area contributed by atoms with Crippen molar-refractivity contribution in [3.05, 3.63) is 53.6 Å². The molecule has 1 aromatic carbocycles. The van der Waals surface area contributed by atoms with Gasteiger partial charge in [-0.3, -0.25) is 0 Å². The average Bonchev–Trinajstić information content (AvgIpc) is 3.30. The average molecular weight is 353 g/mol. The summed E-state index contributed by atoms with van der Waals surface area (Å²) in [5.41, 5.74) is 8.35. The van der Waals surface area contributed by atoms with Crippen molar-refractivity contribution in [3.63, 3.8) is 0 Å². The molecule has 2 aliphatic heterocycles. The van der Waals surface area contributed by atoms with Crippen LogP contribution >= 0.6 is 11.8 Å². The van der Waals surface area contributed by atoms with Crippen molar-refractivity contribution in [1.29, 1.82) is 0 Å². The zero-order chi connectivity index (χ0) is 17.1. The van der Waals surface area contributed by atoms with Crippen LogP contribution in [0.15, 0.2) is 58.6 Å². The van der Waals surface area contributed by atoms with Crippen LogP contribution in [-0.2, 0) is 6.54 Å². The van der Waals surface area contributed by atoms with Gasteiger partial charge in [-0.05, 0) is 55.6 Å². The molecule has 130 valence electrons. The Morgan fingerprint density at radius 1 is 1.16 bits per heavy atom. The number of amidine groups is 1. The number of thioether (sulfide) groups is 1. The first-order chi connectivity index (χ1) is 12.3. The third kappa shape index (κ3) is 3.83. The molecule has 2 aromatic rings. The Bertz CT molecular complexity index is 840. The lowest BCUT2D eigenvalue weighted by atomic mass is 10.2. The number of nitrogens with two attached hydrogens (primary N) is 1. The van der Waals surface area contributed by atoms with E-state index >= 15 is 0 Å². The van der Waals surface area contributed by atoms with E-state index in [0.29, 0.717) is 5.84 Å². The summed E-state index contributed by atoms with van der Waals surface area (Å²) in [6, 6.07) is 8.51. The lowest BCUT2D eigenvalue weighted by Gasteiger charge is -2.15. The number of likely N-dealkylation sites (tertiary alicyclic amines) is 1. The molecule has 0 radical (unpaired) electrons. The van der Waals surface area contributed by atoms with Gasteiger partial charge in [-0.1, -0.05) is 18.2 Å². The molecule has 0 unspecified atom stereocenters. The molecule has 0 spiro atoms. The van der Waals surface area contributed by atoms with E-state index in [1.807, 2.05) is 18.2 Å². The highest BCUT2D eigenvalue weighted by atomic mass is 32.2. The first-order valence-corrected chi connectivity index (χ1v) is 9.93.